The van der Waals surface area contributed by atoms with Crippen LogP contribution in [-0.4, -0.2) is 0 Å². The van der Waals surface area contributed by atoms with Crippen molar-refractivity contribution in [2.24, 2.45) is 0 Å². The smallest absolute Gasteiger partial charge is 0.0307 e. The number of hydrogen-bond acceptors (Lipinski definition) is 1. The van der Waals surface area contributed by atoms with Crippen LogP contribution in [0.1, 0.15) is 16.4 Å². The minimum absolute atomic E-state index is 0.286. The van der Waals surface area contributed by atoms with Crippen LogP contribution in [0.4, 0.5) is 0 Å². The highest BCUT2D eigenvalue weighted by atomic mass is 32.1. The van der Waals surface area contributed by atoms with Gasteiger partial charge >= 0.3 is 0 Å². The number of thiol groups is 1. The number of hydrogen-bond donors (Lipinski definition) is 1. The third-order valence-corrected chi connectivity index (χ3v) is 2.94. The van der Waals surface area contributed by atoms with Gasteiger partial charge in [0.15, 0.2) is 0 Å². The largest absolute Gasteiger partial charge is 0.171 e. The zero-order valence-electron chi connectivity index (χ0n) is 8.51. The van der Waals surface area contributed by atoms with Crippen molar-refractivity contribution in [1.29, 1.82) is 0 Å². The predicted molar refractivity (Wildman–Crippen MR) is 68.3 cm³/mol. The van der Waals surface area contributed by atoms with E-state index in [1.807, 2.05) is 12.1 Å². The molecule has 0 saturated heterocycles. The molecule has 0 bridgehead atoms. The fourth-order valence-corrected chi connectivity index (χ4v) is 2.01. The highest BCUT2D eigenvalue weighted by Crippen LogP contribution is 2.23. The van der Waals surface area contributed by atoms with E-state index in [0.717, 1.165) is 6.42 Å². The van der Waals surface area contributed by atoms with Crippen LogP contribution in [0.25, 0.3) is 0 Å². The fourth-order valence-electron chi connectivity index (χ4n) is 1.63. The molecule has 76 valence electrons. The summed E-state index contributed by atoms with van der Waals surface area (Å²) in [6.07, 6.45) is 0.980. The second-order valence-electron chi connectivity index (χ2n) is 3.62. The van der Waals surface area contributed by atoms with Crippen molar-refractivity contribution in [2.75, 3.05) is 0 Å². The van der Waals surface area contributed by atoms with Crippen LogP contribution in [0.3, 0.4) is 0 Å². The molecule has 0 aliphatic heterocycles. The maximum atomic E-state index is 4.63. The third-order valence-electron chi connectivity index (χ3n) is 2.46. The predicted octanol–water partition coefficient (Wildman–Crippen LogP) is 3.90. The van der Waals surface area contributed by atoms with Gasteiger partial charge in [0.2, 0.25) is 0 Å². The van der Waals surface area contributed by atoms with Crippen molar-refractivity contribution >= 4 is 12.6 Å². The molecule has 0 nitrogen and oxygen atoms in total. The summed E-state index contributed by atoms with van der Waals surface area (Å²) in [5.41, 5.74) is 2.62. The Kier molecular flexibility index (Phi) is 3.46. The Morgan fingerprint density at radius 1 is 0.800 bits per heavy atom. The van der Waals surface area contributed by atoms with Gasteiger partial charge in [0.1, 0.15) is 0 Å². The van der Waals surface area contributed by atoms with Gasteiger partial charge in [-0.05, 0) is 17.5 Å². The van der Waals surface area contributed by atoms with E-state index in [1.165, 1.54) is 11.1 Å². The first-order valence-corrected chi connectivity index (χ1v) is 5.65. The minimum Gasteiger partial charge on any atom is -0.171 e. The lowest BCUT2D eigenvalue weighted by Crippen LogP contribution is -1.95. The summed E-state index contributed by atoms with van der Waals surface area (Å²) < 4.78 is 0. The van der Waals surface area contributed by atoms with E-state index in [-0.39, 0.29) is 5.25 Å². The van der Waals surface area contributed by atoms with Crippen LogP contribution in [0.5, 0.6) is 0 Å². The summed E-state index contributed by atoms with van der Waals surface area (Å²) in [7, 11) is 0. The zero-order valence-corrected chi connectivity index (χ0v) is 9.40. The van der Waals surface area contributed by atoms with Gasteiger partial charge in [-0.1, -0.05) is 60.7 Å². The van der Waals surface area contributed by atoms with Crippen LogP contribution in [0.15, 0.2) is 60.7 Å². The van der Waals surface area contributed by atoms with Crippen molar-refractivity contribution < 1.29 is 0 Å². The molecule has 0 heterocycles. The normalized spacial score (nSPS) is 12.3. The van der Waals surface area contributed by atoms with Crippen molar-refractivity contribution in [2.45, 2.75) is 11.7 Å². The molecule has 1 unspecified atom stereocenters. The van der Waals surface area contributed by atoms with Crippen molar-refractivity contribution in [3.05, 3.63) is 71.8 Å². The summed E-state index contributed by atoms with van der Waals surface area (Å²) in [5, 5.41) is 0.286. The van der Waals surface area contributed by atoms with E-state index in [2.05, 4.69) is 61.2 Å². The molecule has 2 aromatic rings. The monoisotopic (exact) mass is 214 g/mol. The van der Waals surface area contributed by atoms with Crippen molar-refractivity contribution in [1.82, 2.24) is 0 Å². The maximum Gasteiger partial charge on any atom is 0.0307 e. The first kappa shape index (κ1) is 10.3. The number of benzene rings is 2. The van der Waals surface area contributed by atoms with Gasteiger partial charge in [0.05, 0.1) is 0 Å². The Hall–Kier alpha value is -1.21. The van der Waals surface area contributed by atoms with Crippen LogP contribution in [0.2, 0.25) is 0 Å². The average Bonchev–Trinajstić information content (AvgIpc) is 2.31. The zero-order chi connectivity index (χ0) is 10.5. The highest BCUT2D eigenvalue weighted by molar-refractivity contribution is 7.80. The summed E-state index contributed by atoms with van der Waals surface area (Å²) in [6, 6.07) is 20.9. The standard InChI is InChI=1S/C14H14S/c15-14(13-9-5-2-6-10-13)11-12-7-3-1-4-8-12/h1-10,14-15H,11H2. The minimum atomic E-state index is 0.286. The summed E-state index contributed by atoms with van der Waals surface area (Å²) >= 11 is 4.63. The molecule has 0 N–H and O–H groups in total. The average molecular weight is 214 g/mol. The molecule has 0 aliphatic rings. The highest BCUT2D eigenvalue weighted by Gasteiger charge is 2.05. The molecule has 2 aromatic carbocycles. The SMILES string of the molecule is SC(Cc1ccccc1)c1ccccc1. The topological polar surface area (TPSA) is 0 Å². The molecule has 0 fully saturated rings. The lowest BCUT2D eigenvalue weighted by atomic mass is 10.0. The molecule has 0 spiro atoms. The van der Waals surface area contributed by atoms with E-state index >= 15 is 0 Å². The quantitative estimate of drug-likeness (QED) is 0.736. The molecule has 15 heavy (non-hydrogen) atoms. The van der Waals surface area contributed by atoms with Crippen LogP contribution in [0, 0.1) is 0 Å². The van der Waals surface area contributed by atoms with E-state index in [0.29, 0.717) is 0 Å². The van der Waals surface area contributed by atoms with Gasteiger partial charge in [-0.15, -0.1) is 0 Å². The van der Waals surface area contributed by atoms with Gasteiger partial charge in [-0.25, -0.2) is 0 Å². The summed E-state index contributed by atoms with van der Waals surface area (Å²) in [4.78, 5) is 0. The van der Waals surface area contributed by atoms with E-state index < -0.39 is 0 Å². The Labute approximate surface area is 96.4 Å². The lowest BCUT2D eigenvalue weighted by Gasteiger charge is -2.10. The van der Waals surface area contributed by atoms with Crippen molar-refractivity contribution in [3.8, 4) is 0 Å². The molecule has 0 radical (unpaired) electrons. The second-order valence-corrected chi connectivity index (χ2v) is 4.24. The molecule has 1 heteroatoms. The molecule has 0 aliphatic carbocycles. The Morgan fingerprint density at radius 3 is 1.93 bits per heavy atom. The van der Waals surface area contributed by atoms with E-state index in [4.69, 9.17) is 0 Å². The van der Waals surface area contributed by atoms with Gasteiger partial charge in [0, 0.05) is 5.25 Å². The lowest BCUT2D eigenvalue weighted by molar-refractivity contribution is 0.940. The van der Waals surface area contributed by atoms with E-state index in [9.17, 15) is 0 Å². The molecule has 0 amide bonds. The van der Waals surface area contributed by atoms with Gasteiger partial charge < -0.3 is 0 Å². The van der Waals surface area contributed by atoms with Gasteiger partial charge in [-0.3, -0.25) is 0 Å². The van der Waals surface area contributed by atoms with Crippen LogP contribution >= 0.6 is 12.6 Å². The summed E-state index contributed by atoms with van der Waals surface area (Å²) in [6.45, 7) is 0. The number of rotatable bonds is 3. The van der Waals surface area contributed by atoms with Crippen LogP contribution in [-0.2, 0) is 6.42 Å². The first-order valence-electron chi connectivity index (χ1n) is 5.13. The third kappa shape index (κ3) is 2.87. The Morgan fingerprint density at radius 2 is 1.33 bits per heavy atom. The molecule has 0 aromatic heterocycles. The van der Waals surface area contributed by atoms with E-state index in [1.54, 1.807) is 0 Å². The maximum absolute atomic E-state index is 4.63. The fraction of sp³-hybridized carbons (Fsp3) is 0.143. The molecular weight excluding hydrogens is 200 g/mol. The van der Waals surface area contributed by atoms with Gasteiger partial charge in [0.25, 0.3) is 0 Å². The van der Waals surface area contributed by atoms with Crippen molar-refractivity contribution in [3.63, 3.8) is 0 Å². The Bertz CT molecular complexity index is 394. The molecule has 2 rings (SSSR count). The molecule has 1 atom stereocenters. The molecular formula is C14H14S. The van der Waals surface area contributed by atoms with Crippen LogP contribution < -0.4 is 0 Å². The second kappa shape index (κ2) is 5.04. The molecule has 0 saturated carbocycles. The van der Waals surface area contributed by atoms with Gasteiger partial charge in [-0.2, -0.15) is 12.6 Å². The Balaban J connectivity index is 2.08. The first-order chi connectivity index (χ1) is 7.36. The summed E-state index contributed by atoms with van der Waals surface area (Å²) in [5.74, 6) is 0.